The summed E-state index contributed by atoms with van der Waals surface area (Å²) in [6.45, 7) is 3.63. The first-order valence-corrected chi connectivity index (χ1v) is 10.8. The number of carbonyl (C=O) groups excluding carboxylic acids is 5. The van der Waals surface area contributed by atoms with Crippen molar-refractivity contribution >= 4 is 29.5 Å². The van der Waals surface area contributed by atoms with Gasteiger partial charge in [-0.3, -0.25) is 34.2 Å². The van der Waals surface area contributed by atoms with Gasteiger partial charge in [-0.15, -0.1) is 5.10 Å². The van der Waals surface area contributed by atoms with Crippen LogP contribution in [0, 0.1) is 5.92 Å². The van der Waals surface area contributed by atoms with Crippen LogP contribution in [-0.2, 0) is 19.9 Å². The Balaban J connectivity index is 1.46. The molecule has 0 radical (unpaired) electrons. The van der Waals surface area contributed by atoms with Crippen molar-refractivity contribution in [3.05, 3.63) is 41.2 Å². The summed E-state index contributed by atoms with van der Waals surface area (Å²) < 4.78 is 1.39. The molecular weight excluding hydrogens is 428 g/mol. The predicted molar refractivity (Wildman–Crippen MR) is 112 cm³/mol. The summed E-state index contributed by atoms with van der Waals surface area (Å²) in [6.07, 6.45) is 3.49. The minimum atomic E-state index is -1.05. The van der Waals surface area contributed by atoms with Gasteiger partial charge < -0.3 is 5.32 Å². The summed E-state index contributed by atoms with van der Waals surface area (Å²) in [7, 11) is 0. The molecule has 0 bridgehead atoms. The first-order chi connectivity index (χ1) is 15.7. The fourth-order valence-electron chi connectivity index (χ4n) is 4.18. The number of carbonyl (C=O) groups is 5. The maximum atomic E-state index is 13.3. The molecule has 0 spiro atoms. The molecule has 1 atom stereocenters. The zero-order valence-electron chi connectivity index (χ0n) is 18.1. The first-order valence-electron chi connectivity index (χ1n) is 10.8. The topological polar surface area (TPSA) is 143 Å². The second-order valence-electron chi connectivity index (χ2n) is 9.08. The SMILES string of the molecule is CC(C)(NC(=O)C1CC1)c1cn(-c2cccc3c2C(=O)N(C2CCC(=O)NC2=O)C3=O)nn1. The van der Waals surface area contributed by atoms with Crippen molar-refractivity contribution < 1.29 is 24.0 Å². The van der Waals surface area contributed by atoms with Crippen LogP contribution in [-0.4, -0.2) is 55.5 Å². The Bertz CT molecular complexity index is 1230. The first kappa shape index (κ1) is 21.0. The zero-order chi connectivity index (χ0) is 23.5. The van der Waals surface area contributed by atoms with Crippen LogP contribution < -0.4 is 10.6 Å². The smallest absolute Gasteiger partial charge is 0.264 e. The lowest BCUT2D eigenvalue weighted by atomic mass is 10.0. The van der Waals surface area contributed by atoms with Crippen molar-refractivity contribution in [2.45, 2.75) is 51.1 Å². The molecule has 11 heteroatoms. The van der Waals surface area contributed by atoms with Gasteiger partial charge in [0, 0.05) is 12.3 Å². The number of aromatic nitrogens is 3. The lowest BCUT2D eigenvalue weighted by molar-refractivity contribution is -0.136. The van der Waals surface area contributed by atoms with E-state index in [9.17, 15) is 24.0 Å². The van der Waals surface area contributed by atoms with Gasteiger partial charge in [0.1, 0.15) is 11.7 Å². The lowest BCUT2D eigenvalue weighted by Crippen LogP contribution is -2.54. The number of rotatable bonds is 5. The van der Waals surface area contributed by atoms with Crippen molar-refractivity contribution in [2.75, 3.05) is 0 Å². The van der Waals surface area contributed by atoms with Gasteiger partial charge in [-0.05, 0) is 45.2 Å². The van der Waals surface area contributed by atoms with E-state index in [-0.39, 0.29) is 35.8 Å². The van der Waals surface area contributed by atoms with Gasteiger partial charge in [0.15, 0.2) is 0 Å². The summed E-state index contributed by atoms with van der Waals surface area (Å²) in [5, 5.41) is 13.5. The van der Waals surface area contributed by atoms with Gasteiger partial charge in [-0.1, -0.05) is 11.3 Å². The van der Waals surface area contributed by atoms with Crippen LogP contribution in [0.2, 0.25) is 0 Å². The molecule has 2 fully saturated rings. The normalized spacial score (nSPS) is 20.7. The Morgan fingerprint density at radius 1 is 1.12 bits per heavy atom. The molecule has 11 nitrogen and oxygen atoms in total. The van der Waals surface area contributed by atoms with Gasteiger partial charge in [0.25, 0.3) is 11.8 Å². The summed E-state index contributed by atoms with van der Waals surface area (Å²) in [5.41, 5.74) is 0.315. The predicted octanol–water partition coefficient (Wildman–Crippen LogP) is 0.430. The molecule has 3 heterocycles. The molecule has 3 aliphatic rings. The summed E-state index contributed by atoms with van der Waals surface area (Å²) in [5.74, 6) is -2.31. The lowest BCUT2D eigenvalue weighted by Gasteiger charge is -2.27. The average molecular weight is 450 g/mol. The van der Waals surface area contributed by atoms with Crippen LogP contribution in [0.4, 0.5) is 0 Å². The highest BCUT2D eigenvalue weighted by atomic mass is 16.2. The van der Waals surface area contributed by atoms with Crippen LogP contribution in [0.1, 0.15) is 65.9 Å². The van der Waals surface area contributed by atoms with Crippen LogP contribution in [0.25, 0.3) is 5.69 Å². The Morgan fingerprint density at radius 3 is 2.58 bits per heavy atom. The van der Waals surface area contributed by atoms with E-state index < -0.39 is 35.2 Å². The van der Waals surface area contributed by atoms with Crippen molar-refractivity contribution in [3.63, 3.8) is 0 Å². The maximum Gasteiger partial charge on any atom is 0.264 e. The molecule has 2 aliphatic heterocycles. The highest BCUT2D eigenvalue weighted by molar-refractivity contribution is 6.24. The zero-order valence-corrected chi connectivity index (χ0v) is 18.1. The Morgan fingerprint density at radius 2 is 1.88 bits per heavy atom. The molecule has 1 aliphatic carbocycles. The van der Waals surface area contributed by atoms with Crippen molar-refractivity contribution in [3.8, 4) is 5.69 Å². The number of imide groups is 2. The number of fused-ring (bicyclic) bond motifs is 1. The van der Waals surface area contributed by atoms with Gasteiger partial charge in [0.05, 0.1) is 28.6 Å². The van der Waals surface area contributed by atoms with E-state index in [1.165, 1.54) is 10.7 Å². The van der Waals surface area contributed by atoms with E-state index in [1.807, 2.05) is 13.8 Å². The second-order valence-corrected chi connectivity index (χ2v) is 9.08. The molecule has 2 N–H and O–H groups in total. The van der Waals surface area contributed by atoms with Crippen molar-refractivity contribution in [2.24, 2.45) is 5.92 Å². The number of hydrogen-bond acceptors (Lipinski definition) is 7. The van der Waals surface area contributed by atoms with Crippen LogP contribution in [0.15, 0.2) is 24.4 Å². The van der Waals surface area contributed by atoms with E-state index in [4.69, 9.17) is 0 Å². The highest BCUT2D eigenvalue weighted by Gasteiger charge is 2.46. The summed E-state index contributed by atoms with van der Waals surface area (Å²) in [4.78, 5) is 63.2. The third-order valence-electron chi connectivity index (χ3n) is 6.21. The largest absolute Gasteiger partial charge is 0.345 e. The van der Waals surface area contributed by atoms with E-state index in [2.05, 4.69) is 20.9 Å². The Hall–Kier alpha value is -3.89. The number of benzene rings is 1. The molecule has 33 heavy (non-hydrogen) atoms. The third kappa shape index (κ3) is 3.49. The molecule has 2 aromatic rings. The molecule has 5 rings (SSSR count). The number of piperidine rings is 1. The standard InChI is InChI=1S/C22H22N6O5/c1-22(2,24-18(30)11-6-7-11)15-10-27(26-25-15)13-5-3-4-12-17(13)21(33)28(20(12)32)14-8-9-16(29)23-19(14)31/h3-5,10-11,14H,6-9H2,1-2H3,(H,24,30)(H,23,29,31). The van der Waals surface area contributed by atoms with Crippen molar-refractivity contribution in [1.29, 1.82) is 0 Å². The fraction of sp³-hybridized carbons (Fsp3) is 0.409. The molecule has 1 aromatic carbocycles. The molecule has 1 unspecified atom stereocenters. The van der Waals surface area contributed by atoms with Gasteiger partial charge in [-0.25, -0.2) is 4.68 Å². The number of nitrogens with one attached hydrogen (secondary N) is 2. The number of nitrogens with zero attached hydrogens (tertiary/aromatic N) is 4. The third-order valence-corrected chi connectivity index (χ3v) is 6.21. The molecule has 1 saturated carbocycles. The van der Waals surface area contributed by atoms with Gasteiger partial charge in [-0.2, -0.15) is 0 Å². The van der Waals surface area contributed by atoms with Crippen LogP contribution >= 0.6 is 0 Å². The van der Waals surface area contributed by atoms with E-state index in [0.717, 1.165) is 17.7 Å². The van der Waals surface area contributed by atoms with Crippen LogP contribution in [0.3, 0.4) is 0 Å². The molecule has 170 valence electrons. The Labute approximate surface area is 188 Å². The van der Waals surface area contributed by atoms with Crippen molar-refractivity contribution in [1.82, 2.24) is 30.5 Å². The quantitative estimate of drug-likeness (QED) is 0.629. The fourth-order valence-corrected chi connectivity index (χ4v) is 4.18. The monoisotopic (exact) mass is 450 g/mol. The van der Waals surface area contributed by atoms with E-state index in [1.54, 1.807) is 18.3 Å². The van der Waals surface area contributed by atoms with Gasteiger partial charge in [0.2, 0.25) is 17.7 Å². The summed E-state index contributed by atoms with van der Waals surface area (Å²) >= 11 is 0. The minimum Gasteiger partial charge on any atom is -0.345 e. The van der Waals surface area contributed by atoms with E-state index >= 15 is 0 Å². The average Bonchev–Trinajstić information content (AvgIpc) is 3.44. The number of hydrogen-bond donors (Lipinski definition) is 2. The second kappa shape index (κ2) is 7.32. The van der Waals surface area contributed by atoms with Gasteiger partial charge >= 0.3 is 0 Å². The minimum absolute atomic E-state index is 0.0317. The van der Waals surface area contributed by atoms with E-state index in [0.29, 0.717) is 11.4 Å². The molecule has 5 amide bonds. The number of amides is 5. The highest BCUT2D eigenvalue weighted by Crippen LogP contribution is 2.33. The Kier molecular flexibility index (Phi) is 4.66. The molecule has 1 saturated heterocycles. The molecular formula is C22H22N6O5. The maximum absolute atomic E-state index is 13.3. The molecule has 1 aromatic heterocycles. The summed E-state index contributed by atoms with van der Waals surface area (Å²) in [6, 6.07) is 3.72. The van der Waals surface area contributed by atoms with Crippen LogP contribution in [0.5, 0.6) is 0 Å².